The lowest BCUT2D eigenvalue weighted by Crippen LogP contribution is -2.60. The number of carboxylic acids is 2. The highest BCUT2D eigenvalue weighted by molar-refractivity contribution is 5.99. The molecule has 0 aromatic carbocycles. The molecular formula is C60H109N15O16. The van der Waals surface area contributed by atoms with Crippen LogP contribution in [0.4, 0.5) is 0 Å². The van der Waals surface area contributed by atoms with Crippen molar-refractivity contribution >= 4 is 82.7 Å². The van der Waals surface area contributed by atoms with E-state index in [9.17, 15) is 72.9 Å². The lowest BCUT2D eigenvalue weighted by molar-refractivity contribution is -0.140. The second kappa shape index (κ2) is 50.1. The number of amides is 10. The predicted molar refractivity (Wildman–Crippen MR) is 341 cm³/mol. The Bertz CT molecular complexity index is 2320. The third-order valence-corrected chi connectivity index (χ3v) is 14.6. The number of primary amides is 1. The summed E-state index contributed by atoms with van der Waals surface area (Å²) >= 11 is 0. The smallest absolute Gasteiger partial charge is 0.305 e. The van der Waals surface area contributed by atoms with Crippen molar-refractivity contribution in [1.29, 1.82) is 0 Å². The summed E-state index contributed by atoms with van der Waals surface area (Å²) in [7, 11) is 0. The van der Waals surface area contributed by atoms with Gasteiger partial charge in [-0.25, -0.2) is 0 Å². The van der Waals surface area contributed by atoms with Crippen LogP contribution in [0.15, 0.2) is 9.98 Å². The molecule has 91 heavy (non-hydrogen) atoms. The molecule has 0 saturated heterocycles. The van der Waals surface area contributed by atoms with E-state index in [4.69, 9.17) is 28.0 Å². The number of amidine groups is 2. The quantitative estimate of drug-likeness (QED) is 0.0203. The maximum absolute atomic E-state index is 14.4. The molecule has 0 aliphatic rings. The third kappa shape index (κ3) is 40.0. The van der Waals surface area contributed by atoms with Crippen molar-refractivity contribution in [3.8, 4) is 0 Å². The monoisotopic (exact) mass is 1300 g/mol. The molecule has 520 valence electrons. The number of nitrogens with zero attached hydrogens (tertiary/aromatic N) is 2. The van der Waals surface area contributed by atoms with Crippen LogP contribution in [-0.2, 0) is 57.5 Å². The van der Waals surface area contributed by atoms with E-state index in [1.807, 2.05) is 0 Å². The molecule has 0 aromatic rings. The largest absolute Gasteiger partial charge is 0.481 e. The van der Waals surface area contributed by atoms with Gasteiger partial charge in [-0.1, -0.05) is 104 Å². The number of nitrogens with two attached hydrogens (primary N) is 4. The summed E-state index contributed by atoms with van der Waals surface area (Å²) in [6.45, 7) is 6.80. The van der Waals surface area contributed by atoms with Crippen molar-refractivity contribution in [3.63, 3.8) is 0 Å². The highest BCUT2D eigenvalue weighted by Crippen LogP contribution is 2.14. The summed E-state index contributed by atoms with van der Waals surface area (Å²) < 4.78 is 0. The van der Waals surface area contributed by atoms with Crippen LogP contribution in [0.1, 0.15) is 208 Å². The molecule has 10 amide bonds. The molecule has 31 nitrogen and oxygen atoms in total. The fraction of sp³-hybridized carbons (Fsp3) is 0.767. The van der Waals surface area contributed by atoms with Gasteiger partial charge < -0.3 is 91.2 Å². The van der Waals surface area contributed by atoms with Crippen molar-refractivity contribution in [2.75, 3.05) is 32.8 Å². The highest BCUT2D eigenvalue weighted by Gasteiger charge is 2.35. The fourth-order valence-electron chi connectivity index (χ4n) is 9.28. The summed E-state index contributed by atoms with van der Waals surface area (Å²) in [4.78, 5) is 167. The maximum atomic E-state index is 14.4. The van der Waals surface area contributed by atoms with Crippen molar-refractivity contribution in [3.05, 3.63) is 0 Å². The van der Waals surface area contributed by atoms with Crippen LogP contribution >= 0.6 is 0 Å². The molecule has 0 heterocycles. The molecule has 0 rings (SSSR count). The number of aliphatic hydroxyl groups excluding tert-OH is 2. The number of hydrogen-bond donors (Lipinski definition) is 17. The molecule has 0 fully saturated rings. The van der Waals surface area contributed by atoms with E-state index >= 15 is 0 Å². The summed E-state index contributed by atoms with van der Waals surface area (Å²) in [6, 6.07) is -13.6. The van der Waals surface area contributed by atoms with E-state index < -0.39 is 158 Å². The minimum atomic E-state index is -1.73. The molecule has 0 aliphatic carbocycles. The molecular weight excluding hydrogens is 1190 g/mol. The molecule has 0 aromatic heterocycles. The number of aliphatic imine (C=N–C) groups is 2. The van der Waals surface area contributed by atoms with E-state index in [1.54, 1.807) is 13.8 Å². The van der Waals surface area contributed by atoms with E-state index in [0.717, 1.165) is 25.7 Å². The molecule has 9 unspecified atom stereocenters. The maximum Gasteiger partial charge on any atom is 0.305 e. The third-order valence-electron chi connectivity index (χ3n) is 14.6. The Hall–Kier alpha value is -7.54. The first-order chi connectivity index (χ1) is 43.2. The molecule has 0 radical (unpaired) electrons. The number of unbranched alkanes of at least 4 members (excludes halogenated alkanes) is 14. The topological polar surface area (TPSA) is 523 Å². The number of carboxylic acid groups (broad SMARTS) is 2. The van der Waals surface area contributed by atoms with Gasteiger partial charge in [0.2, 0.25) is 59.1 Å². The van der Waals surface area contributed by atoms with E-state index in [-0.39, 0.29) is 82.7 Å². The minimum Gasteiger partial charge on any atom is -0.481 e. The first kappa shape index (κ1) is 83.5. The zero-order valence-corrected chi connectivity index (χ0v) is 54.2. The Morgan fingerprint density at radius 3 is 1.09 bits per heavy atom. The van der Waals surface area contributed by atoms with Crippen LogP contribution < -0.4 is 70.8 Å². The van der Waals surface area contributed by atoms with Crippen molar-refractivity contribution in [2.24, 2.45) is 32.9 Å². The molecule has 0 aliphatic heterocycles. The van der Waals surface area contributed by atoms with Crippen LogP contribution in [0, 0.1) is 0 Å². The Morgan fingerprint density at radius 1 is 0.374 bits per heavy atom. The number of carbonyl (C=O) groups is 12. The van der Waals surface area contributed by atoms with Gasteiger partial charge in [-0.2, -0.15) is 0 Å². The number of hydrogen-bond acceptors (Lipinski definition) is 17. The standard InChI is InChI=1S/C60H109N15O16/c1-6-8-10-11-12-13-14-15-16-17-18-19-20-29-49(78)68-47(36-76)60(91)72-43(27-23-33-65-39(4)62)56(87)73-45(30-31-50(79)80)58(89)70-42(26-21-22-32-61)55(86)69-41(25-9-7-2)54(85)71-44(28-24-34-66-40(5)63)57(88)75-48(37-77)59(90)67-38(3)53(84)74-46(52(64)83)35-51(81)82/h38,41-48,76-77H,6-37,61H2,1-5H3,(H2,62,65)(H2,63,66)(H2,64,83)(H,67,90)(H,68,78)(H,69,86)(H,70,89)(H,71,85)(H,72,91)(H,73,87)(H,74,84)(H,75,88)(H,79,80)(H,81,82). The average Bonchev–Trinajstić information content (AvgIpc) is 1.52. The predicted octanol–water partition coefficient (Wildman–Crippen LogP) is -0.706. The van der Waals surface area contributed by atoms with Gasteiger partial charge in [0.25, 0.3) is 0 Å². The Balaban J connectivity index is 6.58. The van der Waals surface area contributed by atoms with Gasteiger partial charge >= 0.3 is 11.9 Å². The zero-order chi connectivity index (χ0) is 68.7. The normalized spacial score (nSPS) is 14.5. The number of rotatable bonds is 54. The van der Waals surface area contributed by atoms with Crippen LogP contribution in [0.25, 0.3) is 0 Å². The zero-order valence-electron chi connectivity index (χ0n) is 54.2. The Labute approximate surface area is 534 Å². The lowest BCUT2D eigenvalue weighted by Gasteiger charge is -2.28. The van der Waals surface area contributed by atoms with Gasteiger partial charge in [0.05, 0.1) is 31.3 Å². The van der Waals surface area contributed by atoms with Gasteiger partial charge in [0.1, 0.15) is 54.4 Å². The van der Waals surface area contributed by atoms with Gasteiger partial charge in [0.15, 0.2) is 0 Å². The van der Waals surface area contributed by atoms with Gasteiger partial charge in [-0.15, -0.1) is 0 Å². The van der Waals surface area contributed by atoms with Gasteiger partial charge in [0, 0.05) is 25.9 Å². The second-order valence-corrected chi connectivity index (χ2v) is 22.8. The van der Waals surface area contributed by atoms with Gasteiger partial charge in [-0.3, -0.25) is 67.5 Å². The summed E-state index contributed by atoms with van der Waals surface area (Å²) in [5.74, 6) is -11.8. The second-order valence-electron chi connectivity index (χ2n) is 22.8. The van der Waals surface area contributed by atoms with E-state index in [1.165, 1.54) is 65.2 Å². The number of carbonyl (C=O) groups excluding carboxylic acids is 10. The van der Waals surface area contributed by atoms with E-state index in [0.29, 0.717) is 25.7 Å². The first-order valence-electron chi connectivity index (χ1n) is 32.1. The average molecular weight is 1300 g/mol. The van der Waals surface area contributed by atoms with Crippen LogP contribution in [0.5, 0.6) is 0 Å². The van der Waals surface area contributed by atoms with Crippen molar-refractivity contribution in [2.45, 2.75) is 262 Å². The number of nitrogens with one attached hydrogen (secondary N) is 9. The Morgan fingerprint density at radius 2 is 0.714 bits per heavy atom. The fourth-order valence-corrected chi connectivity index (χ4v) is 9.28. The molecule has 0 bridgehead atoms. The Kier molecular flexibility index (Phi) is 46.0. The summed E-state index contributed by atoms with van der Waals surface area (Å²) in [6.07, 6.45) is 14.0. The summed E-state index contributed by atoms with van der Waals surface area (Å²) in [5, 5.41) is 61.3. The van der Waals surface area contributed by atoms with Crippen molar-refractivity contribution in [1.82, 2.24) is 47.9 Å². The highest BCUT2D eigenvalue weighted by atomic mass is 16.4. The molecule has 9 atom stereocenters. The summed E-state index contributed by atoms with van der Waals surface area (Å²) in [5.41, 5.74) is 22.4. The SMILES string of the molecule is CCCCCCCCCCCCCCCC(=O)NC(CO)C(=O)NC(CCCN=C(C)N)C(=O)NC(CCC(=O)O)C(=O)NC(CCCCN)C(=O)NC(CCCC)C(=O)NC(CCCN=C(C)N)C(=O)NC(CO)C(=O)NC(C)C(=O)NC(CC(=O)O)C(N)=O. The lowest BCUT2D eigenvalue weighted by atomic mass is 10.0. The number of aliphatic hydroxyl groups is 2. The van der Waals surface area contributed by atoms with Gasteiger partial charge in [-0.05, 0) is 91.5 Å². The van der Waals surface area contributed by atoms with E-state index in [2.05, 4.69) is 64.8 Å². The molecule has 21 N–H and O–H groups in total. The molecule has 31 heteroatoms. The molecule has 0 spiro atoms. The molecule has 0 saturated carbocycles. The minimum absolute atomic E-state index is 0.00586. The van der Waals surface area contributed by atoms with Crippen LogP contribution in [-0.4, -0.2) is 190 Å². The first-order valence-corrected chi connectivity index (χ1v) is 32.1. The van der Waals surface area contributed by atoms with Crippen LogP contribution in [0.2, 0.25) is 0 Å². The van der Waals surface area contributed by atoms with Crippen molar-refractivity contribution < 1.29 is 78.0 Å². The van der Waals surface area contributed by atoms with Crippen LogP contribution in [0.3, 0.4) is 0 Å². The number of aliphatic carboxylic acids is 2.